The maximum atomic E-state index is 13.1. The molecule has 2 saturated heterocycles. The molecular weight excluding hydrogens is 276 g/mol. The minimum absolute atomic E-state index is 0.191. The van der Waals surface area contributed by atoms with Crippen LogP contribution in [0.5, 0.6) is 0 Å². The van der Waals surface area contributed by atoms with Gasteiger partial charge in [-0.1, -0.05) is 0 Å². The first-order valence-electron chi connectivity index (χ1n) is 7.24. The van der Waals surface area contributed by atoms with Crippen LogP contribution in [0.25, 0.3) is 0 Å². The van der Waals surface area contributed by atoms with E-state index in [1.807, 2.05) is 0 Å². The summed E-state index contributed by atoms with van der Waals surface area (Å²) in [6, 6.07) is 3.38. The Balaban J connectivity index is 1.53. The minimum atomic E-state index is -0.954. The molecule has 1 atom stereocenters. The molecule has 3 rings (SSSR count). The third kappa shape index (κ3) is 3.22. The predicted molar refractivity (Wildman–Crippen MR) is 76.0 cm³/mol. The van der Waals surface area contributed by atoms with Crippen molar-refractivity contribution in [2.75, 3.05) is 38.0 Å². The molecule has 1 amide bonds. The van der Waals surface area contributed by atoms with Gasteiger partial charge >= 0.3 is 0 Å². The van der Waals surface area contributed by atoms with E-state index < -0.39 is 11.6 Å². The zero-order valence-corrected chi connectivity index (χ0v) is 11.8. The zero-order valence-electron chi connectivity index (χ0n) is 11.8. The normalized spacial score (nSPS) is 25.6. The van der Waals surface area contributed by atoms with Gasteiger partial charge < -0.3 is 10.6 Å². The van der Waals surface area contributed by atoms with Crippen LogP contribution in [0.15, 0.2) is 18.2 Å². The van der Waals surface area contributed by atoms with Crippen molar-refractivity contribution in [1.82, 2.24) is 10.2 Å². The second-order valence-electron chi connectivity index (χ2n) is 6.06. The molecule has 1 unspecified atom stereocenters. The lowest BCUT2D eigenvalue weighted by atomic mass is 9.87. The summed E-state index contributed by atoms with van der Waals surface area (Å²) in [6.45, 7) is 4.20. The van der Waals surface area contributed by atoms with Gasteiger partial charge in [0.15, 0.2) is 11.6 Å². The van der Waals surface area contributed by atoms with E-state index in [4.69, 9.17) is 0 Å². The third-order valence-electron chi connectivity index (χ3n) is 4.42. The monoisotopic (exact) mass is 295 g/mol. The van der Waals surface area contributed by atoms with Crippen LogP contribution in [-0.2, 0) is 4.79 Å². The average molecular weight is 295 g/mol. The molecule has 4 nitrogen and oxygen atoms in total. The third-order valence-corrected chi connectivity index (χ3v) is 4.42. The van der Waals surface area contributed by atoms with E-state index in [2.05, 4.69) is 15.5 Å². The Hall–Kier alpha value is -1.53. The number of carbonyl (C=O) groups is 1. The number of anilines is 1. The molecule has 0 radical (unpaired) electrons. The number of carbonyl (C=O) groups excluding carboxylic acids is 1. The number of nitrogens with one attached hydrogen (secondary N) is 2. The first-order valence-corrected chi connectivity index (χ1v) is 7.24. The second kappa shape index (κ2) is 5.69. The Morgan fingerprint density at radius 2 is 2.19 bits per heavy atom. The van der Waals surface area contributed by atoms with E-state index in [-0.39, 0.29) is 11.6 Å². The van der Waals surface area contributed by atoms with Gasteiger partial charge in [0.05, 0.1) is 6.54 Å². The number of nitrogens with zero attached hydrogens (tertiary/aromatic N) is 1. The lowest BCUT2D eigenvalue weighted by Gasteiger charge is -2.22. The van der Waals surface area contributed by atoms with Crippen molar-refractivity contribution in [1.29, 1.82) is 0 Å². The lowest BCUT2D eigenvalue weighted by molar-refractivity contribution is -0.117. The topological polar surface area (TPSA) is 44.4 Å². The van der Waals surface area contributed by atoms with Gasteiger partial charge in [-0.05, 0) is 43.5 Å². The average Bonchev–Trinajstić information content (AvgIpc) is 3.05. The number of hydrogen-bond acceptors (Lipinski definition) is 3. The summed E-state index contributed by atoms with van der Waals surface area (Å²) in [5.74, 6) is -2.06. The maximum Gasteiger partial charge on any atom is 0.238 e. The minimum Gasteiger partial charge on any atom is -0.325 e. The van der Waals surface area contributed by atoms with Gasteiger partial charge in [0.1, 0.15) is 0 Å². The number of benzene rings is 1. The van der Waals surface area contributed by atoms with Crippen molar-refractivity contribution in [3.8, 4) is 0 Å². The van der Waals surface area contributed by atoms with Crippen molar-refractivity contribution in [3.05, 3.63) is 29.8 Å². The molecule has 1 aromatic carbocycles. The summed E-state index contributed by atoms with van der Waals surface area (Å²) in [5, 5.41) is 5.99. The Bertz CT molecular complexity index is 544. The number of halogens is 2. The van der Waals surface area contributed by atoms with E-state index >= 15 is 0 Å². The number of amides is 1. The van der Waals surface area contributed by atoms with Crippen molar-refractivity contribution in [2.24, 2.45) is 5.41 Å². The highest BCUT2D eigenvalue weighted by Gasteiger charge is 2.40. The number of rotatable bonds is 3. The largest absolute Gasteiger partial charge is 0.325 e. The fourth-order valence-electron chi connectivity index (χ4n) is 3.28. The van der Waals surface area contributed by atoms with E-state index in [0.29, 0.717) is 12.0 Å². The standard InChI is InChI=1S/C15H19F2N3O/c16-12-2-1-11(7-13(12)17)19-14(21)8-20-6-4-15(10-20)3-5-18-9-15/h1-2,7,18H,3-6,8-10H2,(H,19,21). The molecule has 2 fully saturated rings. The van der Waals surface area contributed by atoms with Crippen LogP contribution >= 0.6 is 0 Å². The first-order chi connectivity index (χ1) is 10.1. The molecule has 0 bridgehead atoms. The van der Waals surface area contributed by atoms with Crippen LogP contribution < -0.4 is 10.6 Å². The summed E-state index contributed by atoms with van der Waals surface area (Å²) in [5.41, 5.74) is 0.609. The Morgan fingerprint density at radius 1 is 1.33 bits per heavy atom. The Labute approximate surface area is 122 Å². The molecule has 1 spiro atoms. The summed E-state index contributed by atoms with van der Waals surface area (Å²) in [4.78, 5) is 14.1. The van der Waals surface area contributed by atoms with Crippen LogP contribution in [0.2, 0.25) is 0 Å². The quantitative estimate of drug-likeness (QED) is 0.890. The molecule has 0 saturated carbocycles. The molecule has 21 heavy (non-hydrogen) atoms. The maximum absolute atomic E-state index is 13.1. The van der Waals surface area contributed by atoms with Gasteiger partial charge in [0, 0.05) is 24.8 Å². The summed E-state index contributed by atoms with van der Waals surface area (Å²) >= 11 is 0. The van der Waals surface area contributed by atoms with Crippen LogP contribution in [0, 0.1) is 17.0 Å². The number of likely N-dealkylation sites (tertiary alicyclic amines) is 1. The van der Waals surface area contributed by atoms with Crippen LogP contribution in [0.4, 0.5) is 14.5 Å². The van der Waals surface area contributed by atoms with E-state index in [0.717, 1.165) is 51.2 Å². The fraction of sp³-hybridized carbons (Fsp3) is 0.533. The SMILES string of the molecule is O=C(CN1CCC2(CCNC2)C1)Nc1ccc(F)c(F)c1. The summed E-state index contributed by atoms with van der Waals surface area (Å²) < 4.78 is 25.9. The highest BCUT2D eigenvalue weighted by atomic mass is 19.2. The molecule has 2 N–H and O–H groups in total. The summed E-state index contributed by atoms with van der Waals surface area (Å²) in [6.07, 6.45) is 2.27. The van der Waals surface area contributed by atoms with E-state index in [1.54, 1.807) is 0 Å². The van der Waals surface area contributed by atoms with E-state index in [1.165, 1.54) is 6.07 Å². The molecule has 0 aromatic heterocycles. The van der Waals surface area contributed by atoms with E-state index in [9.17, 15) is 13.6 Å². The molecular formula is C15H19F2N3O. The van der Waals surface area contributed by atoms with Gasteiger partial charge in [-0.2, -0.15) is 0 Å². The fourth-order valence-corrected chi connectivity index (χ4v) is 3.28. The van der Waals surface area contributed by atoms with Crippen LogP contribution in [-0.4, -0.2) is 43.5 Å². The molecule has 6 heteroatoms. The molecule has 0 aliphatic carbocycles. The smallest absolute Gasteiger partial charge is 0.238 e. The van der Waals surface area contributed by atoms with Gasteiger partial charge in [0.2, 0.25) is 5.91 Å². The molecule has 2 aliphatic rings. The molecule has 2 aliphatic heterocycles. The highest BCUT2D eigenvalue weighted by molar-refractivity contribution is 5.92. The van der Waals surface area contributed by atoms with Crippen molar-refractivity contribution < 1.29 is 13.6 Å². The van der Waals surface area contributed by atoms with Crippen LogP contribution in [0.1, 0.15) is 12.8 Å². The van der Waals surface area contributed by atoms with Crippen molar-refractivity contribution in [2.45, 2.75) is 12.8 Å². The Morgan fingerprint density at radius 3 is 2.90 bits per heavy atom. The first kappa shape index (κ1) is 14.4. The van der Waals surface area contributed by atoms with Crippen molar-refractivity contribution >= 4 is 11.6 Å². The van der Waals surface area contributed by atoms with Gasteiger partial charge in [-0.25, -0.2) is 8.78 Å². The van der Waals surface area contributed by atoms with Gasteiger partial charge in [0.25, 0.3) is 0 Å². The zero-order chi connectivity index (χ0) is 14.9. The predicted octanol–water partition coefficient (Wildman–Crippen LogP) is 1.59. The van der Waals surface area contributed by atoms with Gasteiger partial charge in [-0.15, -0.1) is 0 Å². The second-order valence-corrected chi connectivity index (χ2v) is 6.06. The molecule has 2 heterocycles. The highest BCUT2D eigenvalue weighted by Crippen LogP contribution is 2.35. The molecule has 114 valence electrons. The van der Waals surface area contributed by atoms with Crippen LogP contribution in [0.3, 0.4) is 0 Å². The van der Waals surface area contributed by atoms with Gasteiger partial charge in [-0.3, -0.25) is 9.69 Å². The number of hydrogen-bond donors (Lipinski definition) is 2. The Kier molecular flexibility index (Phi) is 3.91. The lowest BCUT2D eigenvalue weighted by Crippen LogP contribution is -2.34. The summed E-state index contributed by atoms with van der Waals surface area (Å²) in [7, 11) is 0. The van der Waals surface area contributed by atoms with Crippen molar-refractivity contribution in [3.63, 3.8) is 0 Å². The molecule has 1 aromatic rings.